The molecule has 0 aliphatic heterocycles. The molecule has 0 radical (unpaired) electrons. The van der Waals surface area contributed by atoms with Crippen LogP contribution in [0.2, 0.25) is 5.02 Å². The van der Waals surface area contributed by atoms with E-state index in [0.29, 0.717) is 5.56 Å². The number of hydrogen-bond donors (Lipinski definition) is 0. The molecule has 0 heterocycles. The predicted octanol–water partition coefficient (Wildman–Crippen LogP) is 2.23. The number of rotatable bonds is 1. The lowest BCUT2D eigenvalue weighted by Gasteiger charge is -1.93. The molecule has 0 saturated heterocycles. The molecule has 0 atom stereocenters. The van der Waals surface area contributed by atoms with Gasteiger partial charge in [-0.15, -0.1) is 6.42 Å². The first-order valence-electron chi connectivity index (χ1n) is 3.05. The molecule has 0 saturated carbocycles. The van der Waals surface area contributed by atoms with Gasteiger partial charge in [-0.25, -0.2) is 0 Å². The van der Waals surface area contributed by atoms with Crippen LogP contribution in [-0.2, 0) is 0 Å². The van der Waals surface area contributed by atoms with Crippen molar-refractivity contribution in [2.45, 2.75) is 0 Å². The van der Waals surface area contributed by atoms with Crippen molar-refractivity contribution in [2.75, 3.05) is 0 Å². The molecule has 1 aromatic carbocycles. The first kappa shape index (κ1) is 8.57. The Morgan fingerprint density at radius 2 is 2.17 bits per heavy atom. The molecule has 0 unspecified atom stereocenters. The second-order valence-electron chi connectivity index (χ2n) is 2.10. The molecule has 4 heteroatoms. The number of nitrogens with zero attached hydrogens (tertiary/aromatic N) is 1. The fourth-order valence-corrected chi connectivity index (χ4v) is 0.992. The molecule has 0 aliphatic rings. The molecule has 60 valence electrons. The molecule has 1 rings (SSSR count). The van der Waals surface area contributed by atoms with Gasteiger partial charge in [-0.05, 0) is 6.07 Å². The van der Waals surface area contributed by atoms with Crippen LogP contribution in [0.3, 0.4) is 0 Å². The third kappa shape index (κ3) is 1.74. The molecule has 0 aliphatic carbocycles. The molecule has 12 heavy (non-hydrogen) atoms. The second kappa shape index (κ2) is 3.24. The first-order chi connectivity index (χ1) is 5.63. The number of nitro benzene ring substituents is 1. The van der Waals surface area contributed by atoms with Crippen molar-refractivity contribution < 1.29 is 4.92 Å². The Morgan fingerprint density at radius 3 is 2.67 bits per heavy atom. The van der Waals surface area contributed by atoms with E-state index in [1.54, 1.807) is 0 Å². The Hall–Kier alpha value is -1.53. The van der Waals surface area contributed by atoms with Gasteiger partial charge in [-0.1, -0.05) is 17.5 Å². The third-order valence-electron chi connectivity index (χ3n) is 1.26. The number of non-ortho nitro benzene ring substituents is 1. The highest BCUT2D eigenvalue weighted by atomic mass is 35.5. The lowest BCUT2D eigenvalue weighted by Crippen LogP contribution is -1.88. The van der Waals surface area contributed by atoms with Gasteiger partial charge in [0.25, 0.3) is 5.69 Å². The average molecular weight is 182 g/mol. The van der Waals surface area contributed by atoms with Gasteiger partial charge in [0.2, 0.25) is 0 Å². The van der Waals surface area contributed by atoms with Crippen molar-refractivity contribution in [1.29, 1.82) is 0 Å². The van der Waals surface area contributed by atoms with Crippen LogP contribution in [-0.4, -0.2) is 4.92 Å². The minimum absolute atomic E-state index is 0.0875. The van der Waals surface area contributed by atoms with Crippen LogP contribution in [0.25, 0.3) is 0 Å². The molecule has 0 N–H and O–H groups in total. The summed E-state index contributed by atoms with van der Waals surface area (Å²) in [5.41, 5.74) is 0.324. The maximum atomic E-state index is 10.3. The molecule has 3 nitrogen and oxygen atoms in total. The summed E-state index contributed by atoms with van der Waals surface area (Å²) in [5, 5.41) is 10.6. The lowest BCUT2D eigenvalue weighted by molar-refractivity contribution is -0.384. The maximum absolute atomic E-state index is 10.3. The van der Waals surface area contributed by atoms with Gasteiger partial charge in [0, 0.05) is 22.7 Å². The molecular weight excluding hydrogens is 178 g/mol. The van der Waals surface area contributed by atoms with Crippen molar-refractivity contribution in [3.05, 3.63) is 38.9 Å². The van der Waals surface area contributed by atoms with Gasteiger partial charge in [-0.3, -0.25) is 10.1 Å². The predicted molar refractivity (Wildman–Crippen MR) is 46.0 cm³/mol. The van der Waals surface area contributed by atoms with E-state index in [1.807, 2.05) is 0 Å². The van der Waals surface area contributed by atoms with Crippen LogP contribution in [0, 0.1) is 22.5 Å². The average Bonchev–Trinajstić information content (AvgIpc) is 2.03. The molecular formula is C8H4ClNO2. The zero-order valence-corrected chi connectivity index (χ0v) is 6.71. The van der Waals surface area contributed by atoms with Gasteiger partial charge < -0.3 is 0 Å². The quantitative estimate of drug-likeness (QED) is 0.379. The van der Waals surface area contributed by atoms with Crippen molar-refractivity contribution in [1.82, 2.24) is 0 Å². The molecule has 0 spiro atoms. The van der Waals surface area contributed by atoms with Crippen molar-refractivity contribution in [3.63, 3.8) is 0 Å². The summed E-state index contributed by atoms with van der Waals surface area (Å²) in [6.45, 7) is 0. The SMILES string of the molecule is C#Cc1cc(Cl)cc([N+](=O)[O-])c1. The van der Waals surface area contributed by atoms with E-state index in [2.05, 4.69) is 5.92 Å². The normalized spacial score (nSPS) is 9.00. The topological polar surface area (TPSA) is 43.1 Å². The third-order valence-corrected chi connectivity index (χ3v) is 1.48. The minimum Gasteiger partial charge on any atom is -0.258 e. The van der Waals surface area contributed by atoms with Gasteiger partial charge in [0.05, 0.1) is 4.92 Å². The van der Waals surface area contributed by atoms with Crippen molar-refractivity contribution >= 4 is 17.3 Å². The van der Waals surface area contributed by atoms with Crippen LogP contribution in [0.4, 0.5) is 5.69 Å². The van der Waals surface area contributed by atoms with Gasteiger partial charge >= 0.3 is 0 Å². The monoisotopic (exact) mass is 181 g/mol. The van der Waals surface area contributed by atoms with Crippen molar-refractivity contribution in [2.24, 2.45) is 0 Å². The van der Waals surface area contributed by atoms with E-state index in [9.17, 15) is 10.1 Å². The molecule has 0 bridgehead atoms. The lowest BCUT2D eigenvalue weighted by atomic mass is 10.2. The van der Waals surface area contributed by atoms with Crippen LogP contribution >= 0.6 is 11.6 Å². The van der Waals surface area contributed by atoms with E-state index in [-0.39, 0.29) is 10.7 Å². The van der Waals surface area contributed by atoms with Gasteiger partial charge in [-0.2, -0.15) is 0 Å². The summed E-state index contributed by atoms with van der Waals surface area (Å²) in [6.07, 6.45) is 5.06. The van der Waals surface area contributed by atoms with Gasteiger partial charge in [0.1, 0.15) is 0 Å². The molecule has 0 amide bonds. The summed E-state index contributed by atoms with van der Waals surface area (Å²) in [6, 6.07) is 4.04. The Kier molecular flexibility index (Phi) is 2.32. The summed E-state index contributed by atoms with van der Waals surface area (Å²) in [4.78, 5) is 9.76. The Morgan fingerprint density at radius 1 is 1.50 bits per heavy atom. The fraction of sp³-hybridized carbons (Fsp3) is 0. The summed E-state index contributed by atoms with van der Waals surface area (Å²) < 4.78 is 0. The Balaban J connectivity index is 3.26. The highest BCUT2D eigenvalue weighted by molar-refractivity contribution is 6.30. The fourth-order valence-electron chi connectivity index (χ4n) is 0.763. The van der Waals surface area contributed by atoms with E-state index < -0.39 is 4.92 Å². The number of benzene rings is 1. The van der Waals surface area contributed by atoms with Crippen molar-refractivity contribution in [3.8, 4) is 12.3 Å². The Bertz CT molecular complexity index is 368. The molecule has 0 aromatic heterocycles. The largest absolute Gasteiger partial charge is 0.272 e. The standard InChI is InChI=1S/C8H4ClNO2/c1-2-6-3-7(9)5-8(4-6)10(11)12/h1,3-5H. The van der Waals surface area contributed by atoms with Crippen LogP contribution in [0.15, 0.2) is 18.2 Å². The summed E-state index contributed by atoms with van der Waals surface area (Å²) in [7, 11) is 0. The smallest absolute Gasteiger partial charge is 0.258 e. The zero-order valence-electron chi connectivity index (χ0n) is 5.95. The van der Waals surface area contributed by atoms with Crippen LogP contribution in [0.5, 0.6) is 0 Å². The second-order valence-corrected chi connectivity index (χ2v) is 2.54. The number of nitro groups is 1. The number of hydrogen-bond acceptors (Lipinski definition) is 2. The zero-order chi connectivity index (χ0) is 9.14. The van der Waals surface area contributed by atoms with E-state index >= 15 is 0 Å². The molecule has 1 aromatic rings. The molecule has 0 fully saturated rings. The summed E-state index contributed by atoms with van der Waals surface area (Å²) >= 11 is 5.57. The van der Waals surface area contributed by atoms with E-state index in [0.717, 1.165) is 0 Å². The number of terminal acetylenes is 1. The Labute approximate surface area is 74.1 Å². The maximum Gasteiger partial charge on any atom is 0.272 e. The summed E-state index contributed by atoms with van der Waals surface area (Å²) in [5.74, 6) is 2.27. The van der Waals surface area contributed by atoms with Crippen LogP contribution in [0.1, 0.15) is 5.56 Å². The van der Waals surface area contributed by atoms with E-state index in [1.165, 1.54) is 18.2 Å². The van der Waals surface area contributed by atoms with E-state index in [4.69, 9.17) is 18.0 Å². The number of halogens is 1. The van der Waals surface area contributed by atoms with Gasteiger partial charge in [0.15, 0.2) is 0 Å². The highest BCUT2D eigenvalue weighted by Crippen LogP contribution is 2.19. The first-order valence-corrected chi connectivity index (χ1v) is 3.43. The minimum atomic E-state index is -0.535. The highest BCUT2D eigenvalue weighted by Gasteiger charge is 2.06. The van der Waals surface area contributed by atoms with Crippen LogP contribution < -0.4 is 0 Å².